The molecular weight excluding hydrogens is 282 g/mol. The molecule has 0 bridgehead atoms. The van der Waals surface area contributed by atoms with Gasteiger partial charge in [-0.25, -0.2) is 0 Å². The summed E-state index contributed by atoms with van der Waals surface area (Å²) >= 11 is 0. The van der Waals surface area contributed by atoms with E-state index in [1.165, 1.54) is 30.3 Å². The molecule has 0 heterocycles. The Hall–Kier alpha value is -2.95. The first-order valence-electron chi connectivity index (χ1n) is 6.80. The molecule has 0 saturated heterocycles. The lowest BCUT2D eigenvalue weighted by atomic mass is 10.1. The van der Waals surface area contributed by atoms with Gasteiger partial charge in [-0.1, -0.05) is 18.2 Å². The first-order valence-corrected chi connectivity index (χ1v) is 6.80. The summed E-state index contributed by atoms with van der Waals surface area (Å²) in [7, 11) is 0. The van der Waals surface area contributed by atoms with Gasteiger partial charge in [-0.3, -0.25) is 14.9 Å². The van der Waals surface area contributed by atoms with Crippen LogP contribution in [0.15, 0.2) is 54.6 Å². The van der Waals surface area contributed by atoms with E-state index in [1.807, 2.05) is 31.2 Å². The molecule has 0 aliphatic rings. The number of ketones is 1. The zero-order valence-electron chi connectivity index (χ0n) is 12.1. The average molecular weight is 297 g/mol. The minimum absolute atomic E-state index is 0.0351. The first-order chi connectivity index (χ1) is 10.6. The van der Waals surface area contributed by atoms with E-state index in [0.717, 1.165) is 11.3 Å². The number of ether oxygens (including phenoxy) is 1. The Morgan fingerprint density at radius 2 is 1.77 bits per heavy atom. The summed E-state index contributed by atoms with van der Waals surface area (Å²) in [6.45, 7) is 2.52. The summed E-state index contributed by atoms with van der Waals surface area (Å²) in [6, 6.07) is 12.9. The monoisotopic (exact) mass is 297 g/mol. The topological polar surface area (TPSA) is 69.4 Å². The highest BCUT2D eigenvalue weighted by molar-refractivity contribution is 6.06. The summed E-state index contributed by atoms with van der Waals surface area (Å²) in [5, 5.41) is 10.6. The number of rotatable bonds is 6. The number of nitro benzene ring substituents is 1. The molecule has 2 rings (SSSR count). The Bertz CT molecular complexity index is 688. The fourth-order valence-electron chi connectivity index (χ4n) is 1.86. The van der Waals surface area contributed by atoms with E-state index in [2.05, 4.69) is 0 Å². The third-order valence-corrected chi connectivity index (χ3v) is 2.98. The van der Waals surface area contributed by atoms with Crippen LogP contribution in [-0.4, -0.2) is 17.3 Å². The van der Waals surface area contributed by atoms with Crippen molar-refractivity contribution in [2.45, 2.75) is 6.92 Å². The molecule has 0 aliphatic carbocycles. The lowest BCUT2D eigenvalue weighted by Gasteiger charge is -2.02. The summed E-state index contributed by atoms with van der Waals surface area (Å²) in [6.07, 6.45) is 3.14. The second kappa shape index (κ2) is 7.17. The molecule has 0 saturated carbocycles. The predicted octanol–water partition coefficient (Wildman–Crippen LogP) is 3.89. The Morgan fingerprint density at radius 1 is 1.14 bits per heavy atom. The number of hydrogen-bond acceptors (Lipinski definition) is 4. The predicted molar refractivity (Wildman–Crippen MR) is 84.1 cm³/mol. The van der Waals surface area contributed by atoms with Crippen LogP contribution in [0.3, 0.4) is 0 Å². The van der Waals surface area contributed by atoms with E-state index in [9.17, 15) is 14.9 Å². The van der Waals surface area contributed by atoms with Gasteiger partial charge in [0, 0.05) is 17.7 Å². The van der Waals surface area contributed by atoms with Crippen molar-refractivity contribution >= 4 is 17.5 Å². The molecule has 0 atom stereocenters. The molecule has 5 heteroatoms. The quantitative estimate of drug-likeness (QED) is 0.351. The second-order valence-corrected chi connectivity index (χ2v) is 4.50. The number of nitro groups is 1. The van der Waals surface area contributed by atoms with E-state index in [0.29, 0.717) is 12.2 Å². The Morgan fingerprint density at radius 3 is 2.32 bits per heavy atom. The molecule has 2 aromatic carbocycles. The van der Waals surface area contributed by atoms with E-state index in [-0.39, 0.29) is 11.5 Å². The summed E-state index contributed by atoms with van der Waals surface area (Å²) in [4.78, 5) is 22.1. The van der Waals surface area contributed by atoms with Gasteiger partial charge in [0.05, 0.1) is 11.5 Å². The van der Waals surface area contributed by atoms with Crippen LogP contribution in [0.5, 0.6) is 5.75 Å². The summed E-state index contributed by atoms with van der Waals surface area (Å²) in [5.74, 6) is 0.574. The van der Waals surface area contributed by atoms with Gasteiger partial charge in [-0.2, -0.15) is 0 Å². The molecule has 0 aliphatic heterocycles. The first kappa shape index (κ1) is 15.4. The van der Waals surface area contributed by atoms with Crippen LogP contribution in [0.4, 0.5) is 5.69 Å². The van der Waals surface area contributed by atoms with E-state index in [4.69, 9.17) is 4.74 Å². The minimum Gasteiger partial charge on any atom is -0.494 e. The molecule has 0 aromatic heterocycles. The minimum atomic E-state index is -0.496. The third-order valence-electron chi connectivity index (χ3n) is 2.98. The number of carbonyl (C=O) groups excluding carboxylic acids is 1. The highest BCUT2D eigenvalue weighted by atomic mass is 16.6. The average Bonchev–Trinajstić information content (AvgIpc) is 2.54. The number of hydrogen-bond donors (Lipinski definition) is 0. The zero-order chi connectivity index (χ0) is 15.9. The van der Waals surface area contributed by atoms with Gasteiger partial charge in [0.25, 0.3) is 5.69 Å². The number of nitrogens with zero attached hydrogens (tertiary/aromatic N) is 1. The van der Waals surface area contributed by atoms with Crippen LogP contribution in [0.1, 0.15) is 22.8 Å². The maximum Gasteiger partial charge on any atom is 0.269 e. The van der Waals surface area contributed by atoms with Crippen molar-refractivity contribution in [3.8, 4) is 5.75 Å². The summed E-state index contributed by atoms with van der Waals surface area (Å²) < 4.78 is 5.34. The fraction of sp³-hybridized carbons (Fsp3) is 0.118. The van der Waals surface area contributed by atoms with Gasteiger partial charge >= 0.3 is 0 Å². The van der Waals surface area contributed by atoms with Crippen LogP contribution in [0.2, 0.25) is 0 Å². The van der Waals surface area contributed by atoms with Crippen molar-refractivity contribution in [2.75, 3.05) is 6.61 Å². The Labute approximate surface area is 128 Å². The van der Waals surface area contributed by atoms with Crippen LogP contribution in [-0.2, 0) is 0 Å². The molecule has 22 heavy (non-hydrogen) atoms. The molecule has 0 amide bonds. The second-order valence-electron chi connectivity index (χ2n) is 4.50. The fourth-order valence-corrected chi connectivity index (χ4v) is 1.86. The number of benzene rings is 2. The van der Waals surface area contributed by atoms with Gasteiger partial charge < -0.3 is 4.74 Å². The van der Waals surface area contributed by atoms with Crippen molar-refractivity contribution in [1.29, 1.82) is 0 Å². The molecule has 0 spiro atoms. The van der Waals surface area contributed by atoms with Gasteiger partial charge in [-0.05, 0) is 42.8 Å². The maximum atomic E-state index is 12.0. The Balaban J connectivity index is 2.05. The zero-order valence-corrected chi connectivity index (χ0v) is 12.1. The lowest BCUT2D eigenvalue weighted by Crippen LogP contribution is -1.95. The number of non-ortho nitro benzene ring substituents is 1. The van der Waals surface area contributed by atoms with Crippen LogP contribution in [0.25, 0.3) is 6.08 Å². The Kier molecular flexibility index (Phi) is 5.03. The van der Waals surface area contributed by atoms with Crippen molar-refractivity contribution in [3.63, 3.8) is 0 Å². The number of allylic oxidation sites excluding steroid dienone is 1. The van der Waals surface area contributed by atoms with Gasteiger partial charge in [0.1, 0.15) is 5.75 Å². The van der Waals surface area contributed by atoms with Gasteiger partial charge in [0.2, 0.25) is 0 Å². The van der Waals surface area contributed by atoms with Crippen LogP contribution < -0.4 is 4.74 Å². The van der Waals surface area contributed by atoms with Crippen LogP contribution in [0, 0.1) is 10.1 Å². The lowest BCUT2D eigenvalue weighted by molar-refractivity contribution is -0.384. The van der Waals surface area contributed by atoms with E-state index < -0.39 is 4.92 Å². The third kappa shape index (κ3) is 4.02. The van der Waals surface area contributed by atoms with Crippen molar-refractivity contribution in [3.05, 3.63) is 75.8 Å². The highest BCUT2D eigenvalue weighted by Gasteiger charge is 2.07. The molecule has 0 radical (unpaired) electrons. The molecule has 0 N–H and O–H groups in total. The SMILES string of the molecule is CCOc1ccc(C=CC(=O)c2ccc([N+](=O)[O-])cc2)cc1. The van der Waals surface area contributed by atoms with Gasteiger partial charge in [-0.15, -0.1) is 0 Å². The summed E-state index contributed by atoms with van der Waals surface area (Å²) in [5.41, 5.74) is 1.25. The molecule has 0 fully saturated rings. The van der Waals surface area contributed by atoms with Crippen molar-refractivity contribution in [2.24, 2.45) is 0 Å². The van der Waals surface area contributed by atoms with Gasteiger partial charge in [0.15, 0.2) is 5.78 Å². The standard InChI is InChI=1S/C17H15NO4/c1-2-22-16-10-3-13(4-11-16)5-12-17(19)14-6-8-15(9-7-14)18(20)21/h3-12H,2H2,1H3. The molecule has 112 valence electrons. The maximum absolute atomic E-state index is 12.0. The smallest absolute Gasteiger partial charge is 0.269 e. The normalized spacial score (nSPS) is 10.6. The van der Waals surface area contributed by atoms with Crippen molar-refractivity contribution < 1.29 is 14.5 Å². The number of carbonyl (C=O) groups is 1. The molecule has 0 unspecified atom stereocenters. The highest BCUT2D eigenvalue weighted by Crippen LogP contribution is 2.15. The van der Waals surface area contributed by atoms with E-state index in [1.54, 1.807) is 6.08 Å². The van der Waals surface area contributed by atoms with E-state index >= 15 is 0 Å². The van der Waals surface area contributed by atoms with Crippen LogP contribution >= 0.6 is 0 Å². The van der Waals surface area contributed by atoms with Crippen molar-refractivity contribution in [1.82, 2.24) is 0 Å². The molecule has 5 nitrogen and oxygen atoms in total. The molecular formula is C17H15NO4. The molecule has 2 aromatic rings. The largest absolute Gasteiger partial charge is 0.494 e.